The number of pyridine rings is 2. The Morgan fingerprint density at radius 1 is 1.20 bits per heavy atom. The fourth-order valence-electron chi connectivity index (χ4n) is 3.67. The lowest BCUT2D eigenvalue weighted by Gasteiger charge is -2.19. The van der Waals surface area contributed by atoms with Gasteiger partial charge in [-0.1, -0.05) is 18.2 Å². The minimum atomic E-state index is -3.50. The Hall–Kier alpha value is -4.43. The molecule has 4 aromatic rings. The summed E-state index contributed by atoms with van der Waals surface area (Å²) >= 11 is 0. The van der Waals surface area contributed by atoms with Gasteiger partial charge < -0.3 is 15.6 Å². The van der Waals surface area contributed by atoms with E-state index in [1.54, 1.807) is 37.4 Å². The second kappa shape index (κ2) is 9.44. The summed E-state index contributed by atoms with van der Waals surface area (Å²) in [7, 11) is -0.484. The number of anilines is 2. The normalized spacial score (nSPS) is 11.1. The Morgan fingerprint density at radius 3 is 2.71 bits per heavy atom. The van der Waals surface area contributed by atoms with E-state index in [4.69, 9.17) is 0 Å². The third kappa shape index (κ3) is 4.78. The van der Waals surface area contributed by atoms with Gasteiger partial charge in [-0.3, -0.25) is 9.10 Å². The molecule has 0 bridgehead atoms. The Kier molecular flexibility index (Phi) is 6.40. The smallest absolute Gasteiger partial charge is 0.251 e. The third-order valence-electron chi connectivity index (χ3n) is 5.56. The van der Waals surface area contributed by atoms with E-state index >= 15 is 0 Å². The third-order valence-corrected chi connectivity index (χ3v) is 6.73. The summed E-state index contributed by atoms with van der Waals surface area (Å²) < 4.78 is 25.2. The summed E-state index contributed by atoms with van der Waals surface area (Å²) in [5.74, 6) is 0.105. The number of aromatic amines is 1. The number of carbonyl (C=O) groups is 1. The van der Waals surface area contributed by atoms with Crippen LogP contribution in [0.15, 0.2) is 54.9 Å². The lowest BCUT2D eigenvalue weighted by molar-refractivity contribution is 0.0963. The number of hydrogen-bond acceptors (Lipinski definition) is 7. The molecule has 1 amide bonds. The van der Waals surface area contributed by atoms with E-state index < -0.39 is 10.0 Å². The first-order valence-corrected chi connectivity index (χ1v) is 12.4. The summed E-state index contributed by atoms with van der Waals surface area (Å²) in [6.07, 6.45) is 4.11. The Bertz CT molecular complexity index is 1570. The van der Waals surface area contributed by atoms with Crippen LogP contribution in [0.5, 0.6) is 0 Å². The largest absolute Gasteiger partial charge is 0.379 e. The van der Waals surface area contributed by atoms with E-state index in [1.165, 1.54) is 19.4 Å². The predicted molar refractivity (Wildman–Crippen MR) is 134 cm³/mol. The van der Waals surface area contributed by atoms with Crippen molar-refractivity contribution in [2.75, 3.05) is 30.0 Å². The molecule has 0 aliphatic heterocycles. The summed E-state index contributed by atoms with van der Waals surface area (Å²) in [6, 6.07) is 14.7. The number of nitrogens with zero attached hydrogens (tertiary/aromatic N) is 4. The molecule has 0 radical (unpaired) electrons. The van der Waals surface area contributed by atoms with E-state index in [-0.39, 0.29) is 12.5 Å². The molecule has 0 unspecified atom stereocenters. The number of amides is 1. The van der Waals surface area contributed by atoms with Crippen LogP contribution < -0.4 is 14.9 Å². The molecule has 0 spiro atoms. The number of sulfonamides is 1. The van der Waals surface area contributed by atoms with Gasteiger partial charge >= 0.3 is 0 Å². The van der Waals surface area contributed by atoms with E-state index in [1.807, 2.05) is 12.1 Å². The number of carbonyl (C=O) groups excluding carboxylic acids is 1. The molecule has 0 fully saturated rings. The highest BCUT2D eigenvalue weighted by atomic mass is 32.2. The average molecular weight is 490 g/mol. The number of nitrogens with one attached hydrogen (secondary N) is 3. The van der Waals surface area contributed by atoms with Gasteiger partial charge in [0, 0.05) is 55.2 Å². The number of H-pyrrole nitrogens is 1. The molecular weight excluding hydrogens is 466 g/mol. The van der Waals surface area contributed by atoms with E-state index in [0.717, 1.165) is 21.8 Å². The number of fused-ring (bicyclic) bond motifs is 1. The fraction of sp³-hybridized carbons (Fsp3) is 0.167. The Balaban J connectivity index is 1.73. The van der Waals surface area contributed by atoms with Gasteiger partial charge in [-0.2, -0.15) is 5.26 Å². The van der Waals surface area contributed by atoms with E-state index in [9.17, 15) is 18.5 Å². The van der Waals surface area contributed by atoms with Crippen molar-refractivity contribution >= 4 is 38.5 Å². The molecule has 10 nitrogen and oxygen atoms in total. The maximum atomic E-state index is 12.0. The summed E-state index contributed by atoms with van der Waals surface area (Å²) in [5.41, 5.74) is 4.14. The number of nitriles is 1. The van der Waals surface area contributed by atoms with Crippen molar-refractivity contribution in [1.29, 1.82) is 5.26 Å². The van der Waals surface area contributed by atoms with Gasteiger partial charge in [-0.15, -0.1) is 0 Å². The molecule has 0 saturated heterocycles. The second-order valence-corrected chi connectivity index (χ2v) is 9.85. The molecule has 3 aromatic heterocycles. The average Bonchev–Trinajstić information content (AvgIpc) is 3.30. The van der Waals surface area contributed by atoms with Crippen LogP contribution in [0.3, 0.4) is 0 Å². The first kappa shape index (κ1) is 23.7. The highest BCUT2D eigenvalue weighted by Crippen LogP contribution is 2.31. The highest BCUT2D eigenvalue weighted by Gasteiger charge is 2.18. The topological polar surface area (TPSA) is 144 Å². The van der Waals surface area contributed by atoms with Crippen molar-refractivity contribution in [3.05, 3.63) is 71.5 Å². The summed E-state index contributed by atoms with van der Waals surface area (Å²) in [6.45, 7) is 0.226. The van der Waals surface area contributed by atoms with Gasteiger partial charge in [0.05, 0.1) is 17.5 Å². The van der Waals surface area contributed by atoms with Crippen LogP contribution >= 0.6 is 0 Å². The zero-order valence-corrected chi connectivity index (χ0v) is 20.1. The van der Waals surface area contributed by atoms with E-state index in [2.05, 4.69) is 31.7 Å². The van der Waals surface area contributed by atoms with Crippen LogP contribution in [-0.4, -0.2) is 49.6 Å². The van der Waals surface area contributed by atoms with Crippen LogP contribution in [-0.2, 0) is 16.6 Å². The van der Waals surface area contributed by atoms with Crippen molar-refractivity contribution in [3.8, 4) is 17.3 Å². The zero-order chi connectivity index (χ0) is 25.2. The Labute approximate surface area is 202 Å². The SMILES string of the molecule is CNC(=O)c1cccc(-c2cc3c(NCc4cccnc4N(C)S(C)(=O)=O)c(C#N)cnc3[nH]2)c1. The Morgan fingerprint density at radius 2 is 2.00 bits per heavy atom. The minimum absolute atomic E-state index is 0.193. The molecule has 0 saturated carbocycles. The lowest BCUT2D eigenvalue weighted by Crippen LogP contribution is -2.27. The van der Waals surface area contributed by atoms with Crippen molar-refractivity contribution in [2.24, 2.45) is 0 Å². The molecule has 11 heteroatoms. The summed E-state index contributed by atoms with van der Waals surface area (Å²) in [5, 5.41) is 16.3. The molecule has 178 valence electrons. The van der Waals surface area contributed by atoms with Crippen LogP contribution in [0.4, 0.5) is 11.5 Å². The number of rotatable bonds is 7. The van der Waals surface area contributed by atoms with Crippen LogP contribution in [0.25, 0.3) is 22.3 Å². The maximum Gasteiger partial charge on any atom is 0.251 e. The van der Waals surface area contributed by atoms with E-state index in [0.29, 0.717) is 39.2 Å². The minimum Gasteiger partial charge on any atom is -0.379 e. The highest BCUT2D eigenvalue weighted by molar-refractivity contribution is 7.92. The second-order valence-electron chi connectivity index (χ2n) is 7.83. The van der Waals surface area contributed by atoms with Gasteiger partial charge in [0.25, 0.3) is 5.91 Å². The van der Waals surface area contributed by atoms with Crippen LogP contribution in [0.2, 0.25) is 0 Å². The molecule has 4 rings (SSSR count). The molecule has 0 atom stereocenters. The van der Waals surface area contributed by atoms with Crippen LogP contribution in [0.1, 0.15) is 21.5 Å². The standard InChI is InChI=1S/C24H23N7O3S/c1-26-24(32)16-7-4-6-15(10-16)20-11-19-21(18(12-25)14-29-22(19)30-20)28-13-17-8-5-9-27-23(17)31(2)35(3,33)34/h4-11,14H,13H2,1-3H3,(H,26,32)(H2,28,29,30). The van der Waals surface area contributed by atoms with Gasteiger partial charge in [0.15, 0.2) is 0 Å². The molecule has 0 aliphatic carbocycles. The zero-order valence-electron chi connectivity index (χ0n) is 19.3. The van der Waals surface area contributed by atoms with Crippen molar-refractivity contribution in [1.82, 2.24) is 20.3 Å². The number of aromatic nitrogens is 3. The number of benzene rings is 1. The molecule has 1 aromatic carbocycles. The van der Waals surface area contributed by atoms with Crippen molar-refractivity contribution < 1.29 is 13.2 Å². The molecular formula is C24H23N7O3S. The molecule has 3 heterocycles. The van der Waals surface area contributed by atoms with Crippen molar-refractivity contribution in [2.45, 2.75) is 6.54 Å². The van der Waals surface area contributed by atoms with Crippen LogP contribution in [0, 0.1) is 11.3 Å². The van der Waals surface area contributed by atoms with Gasteiger partial charge in [0.1, 0.15) is 17.5 Å². The summed E-state index contributed by atoms with van der Waals surface area (Å²) in [4.78, 5) is 23.9. The van der Waals surface area contributed by atoms with Gasteiger partial charge in [-0.25, -0.2) is 18.4 Å². The quantitative estimate of drug-likeness (QED) is 0.362. The first-order chi connectivity index (χ1) is 16.7. The number of hydrogen-bond donors (Lipinski definition) is 3. The lowest BCUT2D eigenvalue weighted by atomic mass is 10.1. The molecule has 3 N–H and O–H groups in total. The van der Waals surface area contributed by atoms with Gasteiger partial charge in [-0.05, 0) is 29.8 Å². The van der Waals surface area contributed by atoms with Crippen molar-refractivity contribution in [3.63, 3.8) is 0 Å². The first-order valence-electron chi connectivity index (χ1n) is 10.6. The fourth-order valence-corrected chi connectivity index (χ4v) is 4.15. The predicted octanol–water partition coefficient (Wildman–Crippen LogP) is 2.86. The monoisotopic (exact) mass is 489 g/mol. The maximum absolute atomic E-state index is 12.0. The molecule has 35 heavy (non-hydrogen) atoms. The molecule has 0 aliphatic rings. The van der Waals surface area contributed by atoms with Gasteiger partial charge in [0.2, 0.25) is 10.0 Å².